The fourth-order valence-electron chi connectivity index (χ4n) is 4.81. The van der Waals surface area contributed by atoms with Gasteiger partial charge >= 0.3 is 0 Å². The lowest BCUT2D eigenvalue weighted by Crippen LogP contribution is -2.44. The number of carbonyl (C=O) groups excluding carboxylic acids is 1. The molecule has 2 bridgehead atoms. The van der Waals surface area contributed by atoms with Crippen LogP contribution in [-0.2, 0) is 9.53 Å². The molecule has 5 heteroatoms. The molecule has 0 spiro atoms. The normalized spacial score (nSPS) is 25.1. The van der Waals surface area contributed by atoms with Crippen LogP contribution in [0.4, 0.5) is 0 Å². The van der Waals surface area contributed by atoms with Crippen molar-refractivity contribution in [3.05, 3.63) is 59.0 Å². The van der Waals surface area contributed by atoms with E-state index in [-0.39, 0.29) is 29.1 Å². The van der Waals surface area contributed by atoms with E-state index in [1.54, 1.807) is 0 Å². The topological polar surface area (TPSA) is 69.4 Å². The zero-order valence-electron chi connectivity index (χ0n) is 17.3. The predicted octanol–water partition coefficient (Wildman–Crippen LogP) is 5.67. The second-order valence-corrected chi connectivity index (χ2v) is 8.51. The van der Waals surface area contributed by atoms with Gasteiger partial charge in [-0.3, -0.25) is 14.9 Å². The van der Waals surface area contributed by atoms with E-state index < -0.39 is 6.04 Å². The molecule has 0 N–H and O–H groups in total. The molecule has 1 aliphatic carbocycles. The Morgan fingerprint density at radius 1 is 1.14 bits per heavy atom. The van der Waals surface area contributed by atoms with Crippen molar-refractivity contribution in [1.82, 2.24) is 0 Å². The minimum Gasteiger partial charge on any atom is -0.359 e. The van der Waals surface area contributed by atoms with Crippen LogP contribution in [0.5, 0.6) is 0 Å². The number of fused-ring (bicyclic) bond motifs is 3. The van der Waals surface area contributed by atoms with Crippen LogP contribution in [0.3, 0.4) is 0 Å². The minimum atomic E-state index is -0.628. The van der Waals surface area contributed by atoms with Crippen LogP contribution >= 0.6 is 0 Å². The highest BCUT2D eigenvalue weighted by Gasteiger charge is 2.46. The Kier molecular flexibility index (Phi) is 8.22. The Morgan fingerprint density at radius 2 is 1.90 bits per heavy atom. The van der Waals surface area contributed by atoms with Crippen molar-refractivity contribution in [2.24, 2.45) is 5.92 Å². The molecule has 3 aliphatic rings. The first-order chi connectivity index (χ1) is 14.1. The summed E-state index contributed by atoms with van der Waals surface area (Å²) in [5.41, 5.74) is 1.28. The molecule has 29 heavy (non-hydrogen) atoms. The van der Waals surface area contributed by atoms with Gasteiger partial charge in [-0.05, 0) is 37.2 Å². The number of nitro groups is 1. The van der Waals surface area contributed by atoms with Crippen LogP contribution < -0.4 is 0 Å². The average Bonchev–Trinajstić information content (AvgIpc) is 2.76. The molecule has 0 aromatic heterocycles. The van der Waals surface area contributed by atoms with Gasteiger partial charge in [0.15, 0.2) is 11.9 Å². The smallest absolute Gasteiger partial charge is 0.213 e. The molecule has 2 radical (unpaired) electrons. The Bertz CT molecular complexity index is 662. The van der Waals surface area contributed by atoms with Crippen LogP contribution in [-0.4, -0.2) is 22.9 Å². The Hall–Kier alpha value is -1.75. The van der Waals surface area contributed by atoms with Gasteiger partial charge in [0.1, 0.15) is 0 Å². The summed E-state index contributed by atoms with van der Waals surface area (Å²) in [6, 6.07) is 9.75. The first-order valence-electron chi connectivity index (χ1n) is 11.1. The van der Waals surface area contributed by atoms with Crippen molar-refractivity contribution in [2.75, 3.05) is 0 Å². The van der Waals surface area contributed by atoms with Crippen molar-refractivity contribution < 1.29 is 14.5 Å². The molecule has 4 unspecified atom stereocenters. The van der Waals surface area contributed by atoms with Crippen molar-refractivity contribution in [3.8, 4) is 0 Å². The molecule has 3 fully saturated rings. The van der Waals surface area contributed by atoms with Crippen molar-refractivity contribution >= 4 is 5.78 Å². The lowest BCUT2D eigenvalue weighted by Gasteiger charge is -2.46. The molecular weight excluding hydrogens is 366 g/mol. The summed E-state index contributed by atoms with van der Waals surface area (Å²) in [6.45, 7) is 3.82. The number of rotatable bonds is 12. The summed E-state index contributed by atoms with van der Waals surface area (Å²) < 4.78 is 6.12. The van der Waals surface area contributed by atoms with Crippen LogP contribution in [0.25, 0.3) is 0 Å². The Balaban J connectivity index is 1.47. The molecule has 158 valence electrons. The maximum Gasteiger partial charge on any atom is 0.213 e. The Labute approximate surface area is 174 Å². The number of carbonyl (C=O) groups is 1. The number of hydrogen-bond donors (Lipinski definition) is 0. The monoisotopic (exact) mass is 399 g/mol. The summed E-state index contributed by atoms with van der Waals surface area (Å²) in [5, 5.41) is 11.4. The number of nitrogens with zero attached hydrogens (tertiary/aromatic N) is 1. The second kappa shape index (κ2) is 10.9. The quantitative estimate of drug-likeness (QED) is 0.258. The van der Waals surface area contributed by atoms with Crippen LogP contribution in [0.1, 0.15) is 82.1 Å². The number of Topliss-reactive ketones (excluding diaryl/α,β-unsaturated/α-hetero) is 1. The van der Waals surface area contributed by atoms with E-state index in [0.29, 0.717) is 24.9 Å². The van der Waals surface area contributed by atoms with Gasteiger partial charge in [-0.15, -0.1) is 0 Å². The average molecular weight is 400 g/mol. The molecule has 2 aliphatic heterocycles. The van der Waals surface area contributed by atoms with Gasteiger partial charge in [-0.1, -0.05) is 62.9 Å². The largest absolute Gasteiger partial charge is 0.359 e. The first-order valence-corrected chi connectivity index (χ1v) is 11.1. The maximum absolute atomic E-state index is 12.8. The molecule has 4 atom stereocenters. The standard InChI is InChI=1S/C24H33NO4/c1-2-3-4-5-9-12-20(25(27)28)14-15-22(26)24-19-13-16-23(29-24)21(17-19)18-10-7-6-8-11-18/h6-8,10-11,19-21,23H,1-5,9,12-17H2. The molecule has 2 heterocycles. The molecule has 1 aromatic rings. The highest BCUT2D eigenvalue weighted by atomic mass is 16.6. The molecule has 1 aromatic carbocycles. The molecular formula is C24H33NO4. The van der Waals surface area contributed by atoms with E-state index in [1.165, 1.54) is 5.56 Å². The fraction of sp³-hybridized carbons (Fsp3) is 0.625. The number of ketones is 1. The van der Waals surface area contributed by atoms with Gasteiger partial charge in [-0.2, -0.15) is 0 Å². The number of unbranched alkanes of at least 4 members (excludes halogenated alkanes) is 4. The third-order valence-corrected chi connectivity index (χ3v) is 6.48. The van der Waals surface area contributed by atoms with Gasteiger partial charge in [-0.25, -0.2) is 0 Å². The van der Waals surface area contributed by atoms with E-state index in [1.807, 2.05) is 18.2 Å². The third kappa shape index (κ3) is 5.88. The van der Waals surface area contributed by atoms with E-state index >= 15 is 0 Å². The van der Waals surface area contributed by atoms with Gasteiger partial charge in [0.25, 0.3) is 0 Å². The zero-order chi connectivity index (χ0) is 20.6. The molecule has 0 amide bonds. The summed E-state index contributed by atoms with van der Waals surface area (Å²) >= 11 is 0. The van der Waals surface area contributed by atoms with Crippen molar-refractivity contribution in [3.63, 3.8) is 0 Å². The number of ether oxygens (including phenoxy) is 1. The fourth-order valence-corrected chi connectivity index (χ4v) is 4.81. The summed E-state index contributed by atoms with van der Waals surface area (Å²) in [5.74, 6) is 0.487. The van der Waals surface area contributed by atoms with Gasteiger partial charge < -0.3 is 4.74 Å². The zero-order valence-corrected chi connectivity index (χ0v) is 17.3. The third-order valence-electron chi connectivity index (χ3n) is 6.48. The van der Waals surface area contributed by atoms with Crippen LogP contribution in [0, 0.1) is 29.1 Å². The summed E-state index contributed by atoms with van der Waals surface area (Å²) in [4.78, 5) is 24.0. The number of benzene rings is 1. The minimum absolute atomic E-state index is 0.0184. The molecule has 2 saturated heterocycles. The van der Waals surface area contributed by atoms with E-state index in [2.05, 4.69) is 19.1 Å². The maximum atomic E-state index is 12.8. The molecule has 1 saturated carbocycles. The van der Waals surface area contributed by atoms with Gasteiger partial charge in [0.2, 0.25) is 6.04 Å². The van der Waals surface area contributed by atoms with Crippen molar-refractivity contribution in [2.45, 2.75) is 88.7 Å². The summed E-state index contributed by atoms with van der Waals surface area (Å²) in [7, 11) is 0. The van der Waals surface area contributed by atoms with Gasteiger partial charge in [0.05, 0.1) is 6.10 Å². The van der Waals surface area contributed by atoms with Crippen molar-refractivity contribution in [1.29, 1.82) is 0 Å². The highest BCUT2D eigenvalue weighted by molar-refractivity contribution is 5.91. The molecule has 5 nitrogen and oxygen atoms in total. The SMILES string of the molecule is [CH2]CCCCCCC(CCC(=O)[C]1OC2CCC1CC2c1ccccc1)[N+](=O)[O-]. The lowest BCUT2D eigenvalue weighted by atomic mass is 9.70. The second-order valence-electron chi connectivity index (χ2n) is 8.51. The lowest BCUT2D eigenvalue weighted by molar-refractivity contribution is -0.524. The van der Waals surface area contributed by atoms with Crippen LogP contribution in [0.2, 0.25) is 0 Å². The van der Waals surface area contributed by atoms with E-state index in [9.17, 15) is 14.9 Å². The Morgan fingerprint density at radius 3 is 2.55 bits per heavy atom. The molecule has 4 rings (SSSR count). The van der Waals surface area contributed by atoms with E-state index in [4.69, 9.17) is 4.74 Å². The van der Waals surface area contributed by atoms with Gasteiger partial charge in [0, 0.05) is 30.1 Å². The van der Waals surface area contributed by atoms with Crippen LogP contribution in [0.15, 0.2) is 30.3 Å². The predicted molar refractivity (Wildman–Crippen MR) is 113 cm³/mol. The highest BCUT2D eigenvalue weighted by Crippen LogP contribution is 2.49. The summed E-state index contributed by atoms with van der Waals surface area (Å²) in [6.07, 6.45) is 9.55. The number of hydrogen-bond acceptors (Lipinski definition) is 4. The first kappa shape index (κ1) is 21.9. The van der Waals surface area contributed by atoms with E-state index in [0.717, 1.165) is 51.4 Å².